The highest BCUT2D eigenvalue weighted by Crippen LogP contribution is 2.45. The van der Waals surface area contributed by atoms with Gasteiger partial charge >= 0.3 is 5.97 Å². The number of ether oxygens (including phenoxy) is 1. The lowest BCUT2D eigenvalue weighted by Gasteiger charge is -2.41. The molecule has 2 aromatic rings. The summed E-state index contributed by atoms with van der Waals surface area (Å²) in [4.78, 5) is 17.2. The van der Waals surface area contributed by atoms with Crippen LogP contribution in [0.4, 0.5) is 0 Å². The van der Waals surface area contributed by atoms with Gasteiger partial charge in [0.2, 0.25) is 0 Å². The number of nitrogens with zero attached hydrogens (tertiary/aromatic N) is 1. The van der Waals surface area contributed by atoms with E-state index in [4.69, 9.17) is 37.4 Å². The van der Waals surface area contributed by atoms with Crippen LogP contribution < -0.4 is 0 Å². The Morgan fingerprint density at radius 3 is 2.19 bits per heavy atom. The van der Waals surface area contributed by atoms with Crippen LogP contribution in [0.3, 0.4) is 0 Å². The number of halogens is 2. The van der Waals surface area contributed by atoms with Crippen LogP contribution >= 0.6 is 23.2 Å². The summed E-state index contributed by atoms with van der Waals surface area (Å²) in [5.41, 5.74) is 2.09. The van der Waals surface area contributed by atoms with E-state index in [0.29, 0.717) is 10.0 Å². The fraction of sp³-hybridized carbons (Fsp3) is 0.440. The predicted octanol–water partition coefficient (Wildman–Crippen LogP) is 7.82. The summed E-state index contributed by atoms with van der Waals surface area (Å²) in [7, 11) is -2.22. The molecule has 0 saturated heterocycles. The third-order valence-corrected chi connectivity index (χ3v) is 10.7. The van der Waals surface area contributed by atoms with Gasteiger partial charge in [0.05, 0.1) is 12.7 Å². The SMILES string of the molecule is CCOC(=O)C(C)=N[C@H](c1ccc(Cl)cc1)[C@H](O[Si](C)(C)C(C)(C)C)c1cccc(Cl)c1. The van der Waals surface area contributed by atoms with E-state index in [1.165, 1.54) is 0 Å². The maximum absolute atomic E-state index is 12.4. The summed E-state index contributed by atoms with van der Waals surface area (Å²) in [5, 5.41) is 1.23. The van der Waals surface area contributed by atoms with Gasteiger partial charge in [-0.15, -0.1) is 0 Å². The highest BCUT2D eigenvalue weighted by Gasteiger charge is 2.41. The summed E-state index contributed by atoms with van der Waals surface area (Å²) < 4.78 is 12.1. The van der Waals surface area contributed by atoms with Crippen LogP contribution in [0.1, 0.15) is 57.9 Å². The third kappa shape index (κ3) is 6.92. The van der Waals surface area contributed by atoms with E-state index in [0.717, 1.165) is 11.1 Å². The normalized spacial score (nSPS) is 14.7. The maximum Gasteiger partial charge on any atom is 0.351 e. The molecule has 2 aromatic carbocycles. The molecule has 0 aliphatic heterocycles. The molecular formula is C25H33Cl2NO3Si. The minimum absolute atomic E-state index is 0.0196. The van der Waals surface area contributed by atoms with Crippen molar-refractivity contribution in [1.29, 1.82) is 0 Å². The summed E-state index contributed by atoms with van der Waals surface area (Å²) in [6, 6.07) is 14.6. The molecule has 0 amide bonds. The lowest BCUT2D eigenvalue weighted by Crippen LogP contribution is -2.42. The van der Waals surface area contributed by atoms with Crippen LogP contribution in [0.2, 0.25) is 28.2 Å². The Morgan fingerprint density at radius 1 is 1.03 bits per heavy atom. The molecule has 0 N–H and O–H groups in total. The minimum Gasteiger partial charge on any atom is -0.462 e. The number of hydrogen-bond acceptors (Lipinski definition) is 4. The average molecular weight is 495 g/mol. The summed E-state index contributed by atoms with van der Waals surface area (Å²) in [6.07, 6.45) is -0.444. The van der Waals surface area contributed by atoms with Gasteiger partial charge in [0.15, 0.2) is 8.32 Å². The molecule has 0 fully saturated rings. The smallest absolute Gasteiger partial charge is 0.351 e. The molecule has 0 unspecified atom stereocenters. The summed E-state index contributed by atoms with van der Waals surface area (Å²) >= 11 is 12.5. The van der Waals surface area contributed by atoms with E-state index in [1.807, 2.05) is 48.5 Å². The summed E-state index contributed by atoms with van der Waals surface area (Å²) in [5.74, 6) is -0.441. The largest absolute Gasteiger partial charge is 0.462 e. The Kier molecular flexibility index (Phi) is 9.12. The highest BCUT2D eigenvalue weighted by molar-refractivity contribution is 6.74. The van der Waals surface area contributed by atoms with Crippen molar-refractivity contribution in [3.63, 3.8) is 0 Å². The topological polar surface area (TPSA) is 47.9 Å². The average Bonchev–Trinajstić information content (AvgIpc) is 2.70. The second kappa shape index (κ2) is 11.0. The second-order valence-corrected chi connectivity index (χ2v) is 14.9. The van der Waals surface area contributed by atoms with Gasteiger partial charge < -0.3 is 9.16 Å². The first-order chi connectivity index (χ1) is 14.9. The van der Waals surface area contributed by atoms with Crippen molar-refractivity contribution < 1.29 is 14.0 Å². The van der Waals surface area contributed by atoms with Gasteiger partial charge in [-0.2, -0.15) is 0 Å². The van der Waals surface area contributed by atoms with Crippen molar-refractivity contribution in [3.8, 4) is 0 Å². The fourth-order valence-electron chi connectivity index (χ4n) is 2.97. The minimum atomic E-state index is -2.22. The molecule has 0 aliphatic rings. The lowest BCUT2D eigenvalue weighted by atomic mass is 9.96. The van der Waals surface area contributed by atoms with E-state index >= 15 is 0 Å². The lowest BCUT2D eigenvalue weighted by molar-refractivity contribution is -0.135. The zero-order valence-corrected chi connectivity index (χ0v) is 22.4. The van der Waals surface area contributed by atoms with Gasteiger partial charge in [-0.1, -0.05) is 68.2 Å². The number of benzene rings is 2. The van der Waals surface area contributed by atoms with Crippen molar-refractivity contribution >= 4 is 43.2 Å². The zero-order chi connectivity index (χ0) is 24.1. The number of hydrogen-bond donors (Lipinski definition) is 0. The quantitative estimate of drug-likeness (QED) is 0.214. The van der Waals surface area contributed by atoms with Gasteiger partial charge in [-0.25, -0.2) is 4.79 Å². The third-order valence-electron chi connectivity index (χ3n) is 5.81. The highest BCUT2D eigenvalue weighted by atomic mass is 35.5. The van der Waals surface area contributed by atoms with Crippen LogP contribution in [-0.4, -0.2) is 26.6 Å². The second-order valence-electron chi connectivity index (χ2n) is 9.29. The van der Waals surface area contributed by atoms with Crippen molar-refractivity contribution in [1.82, 2.24) is 0 Å². The fourth-order valence-corrected chi connectivity index (χ4v) is 4.54. The van der Waals surface area contributed by atoms with Crippen LogP contribution in [0, 0.1) is 0 Å². The standard InChI is InChI=1S/C25H33Cl2NO3Si/c1-8-30-24(29)17(2)28-22(18-12-14-20(26)15-13-18)23(19-10-9-11-21(27)16-19)31-32(6,7)25(3,4)5/h9-16,22-23H,8H2,1-7H3/t22-,23-/m1/s1. The Bertz CT molecular complexity index is 952. The molecular weight excluding hydrogens is 461 g/mol. The molecule has 0 spiro atoms. The Hall–Kier alpha value is -1.66. The van der Waals surface area contributed by atoms with Gasteiger partial charge in [-0.05, 0) is 67.4 Å². The van der Waals surface area contributed by atoms with Crippen molar-refractivity contribution in [3.05, 3.63) is 69.7 Å². The van der Waals surface area contributed by atoms with E-state index < -0.39 is 26.4 Å². The van der Waals surface area contributed by atoms with E-state index in [2.05, 4.69) is 33.9 Å². The molecule has 32 heavy (non-hydrogen) atoms. The van der Waals surface area contributed by atoms with Crippen molar-refractivity contribution in [2.24, 2.45) is 4.99 Å². The number of aliphatic imine (C=N–C) groups is 1. The molecule has 2 rings (SSSR count). The van der Waals surface area contributed by atoms with Crippen molar-refractivity contribution in [2.75, 3.05) is 6.61 Å². The van der Waals surface area contributed by atoms with Gasteiger partial charge in [-0.3, -0.25) is 4.99 Å². The molecule has 174 valence electrons. The zero-order valence-electron chi connectivity index (χ0n) is 19.9. The van der Waals surface area contributed by atoms with Crippen LogP contribution in [0.5, 0.6) is 0 Å². The Labute approximate surface area is 203 Å². The van der Waals surface area contributed by atoms with Gasteiger partial charge in [0.1, 0.15) is 11.8 Å². The van der Waals surface area contributed by atoms with E-state index in [9.17, 15) is 4.79 Å². The van der Waals surface area contributed by atoms with Gasteiger partial charge in [0.25, 0.3) is 0 Å². The molecule has 2 atom stereocenters. The van der Waals surface area contributed by atoms with Crippen LogP contribution in [-0.2, 0) is 14.0 Å². The molecule has 7 heteroatoms. The summed E-state index contributed by atoms with van der Waals surface area (Å²) in [6.45, 7) is 14.7. The predicted molar refractivity (Wildman–Crippen MR) is 136 cm³/mol. The van der Waals surface area contributed by atoms with Gasteiger partial charge in [0, 0.05) is 10.0 Å². The maximum atomic E-state index is 12.4. The molecule has 0 aliphatic carbocycles. The van der Waals surface area contributed by atoms with Crippen molar-refractivity contribution in [2.45, 2.75) is 64.9 Å². The number of rotatable bonds is 8. The molecule has 0 bridgehead atoms. The number of carbonyl (C=O) groups is 1. The Balaban J connectivity index is 2.68. The molecule has 0 heterocycles. The first-order valence-electron chi connectivity index (χ1n) is 10.8. The Morgan fingerprint density at radius 2 is 1.66 bits per heavy atom. The molecule has 0 radical (unpaired) electrons. The molecule has 0 saturated carbocycles. The van der Waals surface area contributed by atoms with Crippen LogP contribution in [0.15, 0.2) is 53.5 Å². The number of esters is 1. The van der Waals surface area contributed by atoms with Crippen LogP contribution in [0.25, 0.3) is 0 Å². The van der Waals surface area contributed by atoms with E-state index in [1.54, 1.807) is 13.8 Å². The molecule has 0 aromatic heterocycles. The first-order valence-corrected chi connectivity index (χ1v) is 14.4. The number of carbonyl (C=O) groups excluding carboxylic acids is 1. The molecule has 4 nitrogen and oxygen atoms in total. The monoisotopic (exact) mass is 493 g/mol. The van der Waals surface area contributed by atoms with E-state index in [-0.39, 0.29) is 17.4 Å². The first kappa shape index (κ1) is 26.6.